The van der Waals surface area contributed by atoms with Crippen LogP contribution < -0.4 is 10.1 Å². The molecule has 0 aromatic heterocycles. The van der Waals surface area contributed by atoms with Crippen LogP contribution in [0.15, 0.2) is 29.3 Å². The molecular weight excluding hydrogens is 481 g/mol. The van der Waals surface area contributed by atoms with Gasteiger partial charge in [-0.25, -0.2) is 4.99 Å². The van der Waals surface area contributed by atoms with E-state index in [9.17, 15) is 0 Å². The number of morpholine rings is 1. The van der Waals surface area contributed by atoms with E-state index in [1.54, 1.807) is 0 Å². The van der Waals surface area contributed by atoms with Crippen LogP contribution in [0.3, 0.4) is 0 Å². The van der Waals surface area contributed by atoms with Crippen LogP contribution in [0.1, 0.15) is 39.2 Å². The van der Waals surface area contributed by atoms with Crippen LogP contribution in [-0.4, -0.2) is 62.5 Å². The summed E-state index contributed by atoms with van der Waals surface area (Å²) in [6.07, 6.45) is 2.58. The average Bonchev–Trinajstić information content (AvgIpc) is 3.25. The maximum absolute atomic E-state index is 5.98. The molecule has 164 valence electrons. The lowest BCUT2D eigenvalue weighted by Crippen LogP contribution is -2.53. The second-order valence-corrected chi connectivity index (χ2v) is 7.93. The number of guanidine groups is 1. The number of nitrogens with one attached hydrogen (secondary N) is 1. The second-order valence-electron chi connectivity index (χ2n) is 7.93. The van der Waals surface area contributed by atoms with Crippen molar-refractivity contribution in [2.24, 2.45) is 10.9 Å². The fourth-order valence-corrected chi connectivity index (χ4v) is 3.58. The molecule has 2 saturated heterocycles. The first-order chi connectivity index (χ1) is 13.7. The predicted octanol–water partition coefficient (Wildman–Crippen LogP) is 3.68. The predicted molar refractivity (Wildman–Crippen MR) is 127 cm³/mol. The molecule has 29 heavy (non-hydrogen) atoms. The Morgan fingerprint density at radius 1 is 1.28 bits per heavy atom. The van der Waals surface area contributed by atoms with E-state index in [0.717, 1.165) is 63.0 Å². The molecule has 0 radical (unpaired) electrons. The second kappa shape index (κ2) is 12.6. The zero-order valence-corrected chi connectivity index (χ0v) is 20.3. The van der Waals surface area contributed by atoms with Gasteiger partial charge in [0.05, 0.1) is 25.9 Å². The monoisotopic (exact) mass is 517 g/mol. The van der Waals surface area contributed by atoms with E-state index >= 15 is 0 Å². The van der Waals surface area contributed by atoms with Crippen molar-refractivity contribution in [3.05, 3.63) is 29.8 Å². The molecule has 1 N–H and O–H groups in total. The summed E-state index contributed by atoms with van der Waals surface area (Å²) in [7, 11) is 0. The third kappa shape index (κ3) is 7.61. The first-order valence-electron chi connectivity index (χ1n) is 10.6. The molecule has 0 saturated carbocycles. The van der Waals surface area contributed by atoms with Gasteiger partial charge >= 0.3 is 0 Å². The number of benzene rings is 1. The van der Waals surface area contributed by atoms with Gasteiger partial charge in [0.25, 0.3) is 0 Å². The number of ether oxygens (including phenoxy) is 3. The van der Waals surface area contributed by atoms with Crippen molar-refractivity contribution in [2.45, 2.75) is 52.4 Å². The fourth-order valence-electron chi connectivity index (χ4n) is 3.58. The largest absolute Gasteiger partial charge is 0.493 e. The van der Waals surface area contributed by atoms with Crippen molar-refractivity contribution in [2.75, 3.05) is 39.5 Å². The minimum absolute atomic E-state index is 0. The Bertz CT molecular complexity index is 635. The van der Waals surface area contributed by atoms with Crippen LogP contribution in [0.4, 0.5) is 0 Å². The average molecular weight is 517 g/mol. The normalized spacial score (nSPS) is 22.5. The van der Waals surface area contributed by atoms with Crippen molar-refractivity contribution >= 4 is 29.9 Å². The molecular formula is C22H36IN3O3. The summed E-state index contributed by atoms with van der Waals surface area (Å²) in [5.41, 5.74) is 1.15. The van der Waals surface area contributed by atoms with Gasteiger partial charge in [-0.1, -0.05) is 26.0 Å². The minimum Gasteiger partial charge on any atom is -0.493 e. The van der Waals surface area contributed by atoms with Gasteiger partial charge in [0.1, 0.15) is 11.9 Å². The molecule has 2 aliphatic heterocycles. The number of hydrogen-bond donors (Lipinski definition) is 1. The Labute approximate surface area is 192 Å². The lowest BCUT2D eigenvalue weighted by molar-refractivity contribution is -0.0817. The highest BCUT2D eigenvalue weighted by Gasteiger charge is 2.32. The number of aliphatic imine (C=N–C) groups is 1. The molecule has 0 amide bonds. The van der Waals surface area contributed by atoms with Crippen molar-refractivity contribution in [3.63, 3.8) is 0 Å². The van der Waals surface area contributed by atoms with Crippen LogP contribution >= 0.6 is 24.0 Å². The number of hydrogen-bond acceptors (Lipinski definition) is 4. The van der Waals surface area contributed by atoms with Crippen LogP contribution in [0.2, 0.25) is 0 Å². The Hall–Kier alpha value is -1.06. The molecule has 2 fully saturated rings. The highest BCUT2D eigenvalue weighted by atomic mass is 127. The van der Waals surface area contributed by atoms with E-state index < -0.39 is 0 Å². The Kier molecular flexibility index (Phi) is 10.5. The summed E-state index contributed by atoms with van der Waals surface area (Å²) < 4.78 is 17.7. The van der Waals surface area contributed by atoms with Gasteiger partial charge < -0.3 is 24.4 Å². The van der Waals surface area contributed by atoms with E-state index in [1.807, 2.05) is 12.1 Å². The van der Waals surface area contributed by atoms with Crippen LogP contribution in [0, 0.1) is 5.92 Å². The first-order valence-corrected chi connectivity index (χ1v) is 10.6. The highest BCUT2D eigenvalue weighted by Crippen LogP contribution is 2.21. The van der Waals surface area contributed by atoms with Crippen LogP contribution in [-0.2, 0) is 16.0 Å². The smallest absolute Gasteiger partial charge is 0.194 e. The summed E-state index contributed by atoms with van der Waals surface area (Å²) in [5.74, 6) is 2.37. The lowest BCUT2D eigenvalue weighted by Gasteiger charge is -2.37. The zero-order valence-electron chi connectivity index (χ0n) is 17.9. The summed E-state index contributed by atoms with van der Waals surface area (Å²) >= 11 is 0. The van der Waals surface area contributed by atoms with Crippen LogP contribution in [0.25, 0.3) is 0 Å². The maximum Gasteiger partial charge on any atom is 0.194 e. The summed E-state index contributed by atoms with van der Waals surface area (Å²) in [4.78, 5) is 7.19. The molecule has 0 bridgehead atoms. The molecule has 6 nitrogen and oxygen atoms in total. The van der Waals surface area contributed by atoms with Crippen molar-refractivity contribution in [1.29, 1.82) is 0 Å². The van der Waals surface area contributed by atoms with Gasteiger partial charge in [0.2, 0.25) is 0 Å². The van der Waals surface area contributed by atoms with E-state index in [0.29, 0.717) is 19.1 Å². The Morgan fingerprint density at radius 2 is 2.10 bits per heavy atom. The summed E-state index contributed by atoms with van der Waals surface area (Å²) in [5, 5.41) is 3.44. The van der Waals surface area contributed by atoms with Crippen molar-refractivity contribution in [3.8, 4) is 5.75 Å². The van der Waals surface area contributed by atoms with E-state index in [4.69, 9.17) is 19.2 Å². The first kappa shape index (κ1) is 24.2. The number of rotatable bonds is 7. The van der Waals surface area contributed by atoms with Gasteiger partial charge in [0.15, 0.2) is 5.96 Å². The van der Waals surface area contributed by atoms with Crippen molar-refractivity contribution in [1.82, 2.24) is 10.2 Å². The zero-order chi connectivity index (χ0) is 19.8. The molecule has 0 aliphatic carbocycles. The molecule has 1 aromatic rings. The molecule has 3 rings (SSSR count). The molecule has 2 heterocycles. The van der Waals surface area contributed by atoms with E-state index in [2.05, 4.69) is 43.1 Å². The molecule has 2 unspecified atom stereocenters. The molecule has 2 aliphatic rings. The van der Waals surface area contributed by atoms with E-state index in [1.165, 1.54) is 0 Å². The SMILES string of the molecule is CCNC(=NCc1cccc(OCC(C)C)c1)N1CCOC(C2CCCO2)C1.I. The number of nitrogens with zero attached hydrogens (tertiary/aromatic N) is 2. The maximum atomic E-state index is 5.98. The summed E-state index contributed by atoms with van der Waals surface area (Å²) in [6.45, 7) is 11.9. The van der Waals surface area contributed by atoms with Gasteiger partial charge in [-0.3, -0.25) is 0 Å². The van der Waals surface area contributed by atoms with Crippen LogP contribution in [0.5, 0.6) is 5.75 Å². The molecule has 1 aromatic carbocycles. The summed E-state index contributed by atoms with van der Waals surface area (Å²) in [6, 6.07) is 8.23. The minimum atomic E-state index is 0. The fraction of sp³-hybridized carbons (Fsp3) is 0.682. The third-order valence-corrected chi connectivity index (χ3v) is 5.00. The quantitative estimate of drug-likeness (QED) is 0.340. The van der Waals surface area contributed by atoms with E-state index in [-0.39, 0.29) is 36.2 Å². The number of halogens is 1. The highest BCUT2D eigenvalue weighted by molar-refractivity contribution is 14.0. The van der Waals surface area contributed by atoms with Crippen molar-refractivity contribution < 1.29 is 14.2 Å². The van der Waals surface area contributed by atoms with Gasteiger partial charge in [-0.15, -0.1) is 24.0 Å². The topological polar surface area (TPSA) is 55.3 Å². The molecule has 0 spiro atoms. The van der Waals surface area contributed by atoms with Gasteiger partial charge in [-0.2, -0.15) is 0 Å². The molecule has 2 atom stereocenters. The Balaban J connectivity index is 0.00000300. The third-order valence-electron chi connectivity index (χ3n) is 5.00. The van der Waals surface area contributed by atoms with Gasteiger partial charge in [0, 0.05) is 26.2 Å². The lowest BCUT2D eigenvalue weighted by atomic mass is 10.1. The standard InChI is InChI=1S/C22H35N3O3.HI/c1-4-23-22(25-10-12-27-21(15-25)20-9-6-11-26-20)24-14-18-7-5-8-19(13-18)28-16-17(2)3;/h5,7-8,13,17,20-21H,4,6,9-12,14-16H2,1-3H3,(H,23,24);1H. The molecule has 7 heteroatoms. The van der Waals surface area contributed by atoms with Gasteiger partial charge in [-0.05, 0) is 43.4 Å². The Morgan fingerprint density at radius 3 is 2.83 bits per heavy atom.